The lowest BCUT2D eigenvalue weighted by molar-refractivity contribution is 0.372. The maximum atomic E-state index is 6.17. The minimum atomic E-state index is 0.463. The van der Waals surface area contributed by atoms with Crippen LogP contribution >= 0.6 is 23.2 Å². The molecule has 0 heterocycles. The highest BCUT2D eigenvalue weighted by atomic mass is 35.5. The highest BCUT2D eigenvalue weighted by Gasteiger charge is 2.15. The molecule has 1 nitrogen and oxygen atoms in total. The molecular formula is C14H21Cl2N. The van der Waals surface area contributed by atoms with E-state index in [-0.39, 0.29) is 0 Å². The van der Waals surface area contributed by atoms with Crippen molar-refractivity contribution in [3.05, 3.63) is 33.8 Å². The molecule has 0 saturated heterocycles. The Morgan fingerprint density at radius 2 is 1.76 bits per heavy atom. The van der Waals surface area contributed by atoms with Gasteiger partial charge in [0.15, 0.2) is 0 Å². The van der Waals surface area contributed by atoms with Crippen molar-refractivity contribution in [3.63, 3.8) is 0 Å². The maximum Gasteiger partial charge on any atom is 0.0439 e. The lowest BCUT2D eigenvalue weighted by atomic mass is 9.94. The largest absolute Gasteiger partial charge is 0.312 e. The van der Waals surface area contributed by atoms with E-state index in [9.17, 15) is 0 Å². The summed E-state index contributed by atoms with van der Waals surface area (Å²) in [5.41, 5.74) is 1.13. The molecule has 1 rings (SSSR count). The van der Waals surface area contributed by atoms with Crippen LogP contribution in [0.2, 0.25) is 10.0 Å². The number of hydrogen-bond donors (Lipinski definition) is 1. The summed E-state index contributed by atoms with van der Waals surface area (Å²) in [6.45, 7) is 8.77. The van der Waals surface area contributed by atoms with Gasteiger partial charge in [0, 0.05) is 22.1 Å². The van der Waals surface area contributed by atoms with Crippen molar-refractivity contribution in [2.24, 2.45) is 5.92 Å². The molecule has 1 N–H and O–H groups in total. The van der Waals surface area contributed by atoms with E-state index in [1.165, 1.54) is 0 Å². The summed E-state index contributed by atoms with van der Waals surface area (Å²) in [5, 5.41) is 5.08. The van der Waals surface area contributed by atoms with E-state index >= 15 is 0 Å². The zero-order valence-corrected chi connectivity index (χ0v) is 12.4. The number of rotatable bonds is 5. The van der Waals surface area contributed by atoms with Crippen LogP contribution < -0.4 is 5.32 Å². The summed E-state index contributed by atoms with van der Waals surface area (Å²) in [5.74, 6) is 0.522. The molecule has 0 aliphatic heterocycles. The molecule has 0 aliphatic rings. The predicted octanol–water partition coefficient (Wildman–Crippen LogP) is 4.56. The van der Waals surface area contributed by atoms with Crippen molar-refractivity contribution < 1.29 is 0 Å². The van der Waals surface area contributed by atoms with Crippen LogP contribution in [0.25, 0.3) is 0 Å². The normalized spacial score (nSPS) is 15.0. The Morgan fingerprint density at radius 1 is 1.12 bits per heavy atom. The zero-order chi connectivity index (χ0) is 13.0. The Kier molecular flexibility index (Phi) is 5.78. The Morgan fingerprint density at radius 3 is 2.35 bits per heavy atom. The highest BCUT2D eigenvalue weighted by molar-refractivity contribution is 6.33. The van der Waals surface area contributed by atoms with Crippen LogP contribution in [0, 0.1) is 5.92 Å². The average molecular weight is 274 g/mol. The third-order valence-electron chi connectivity index (χ3n) is 3.00. The molecule has 0 bridgehead atoms. The van der Waals surface area contributed by atoms with E-state index in [0.717, 1.165) is 22.0 Å². The van der Waals surface area contributed by atoms with Gasteiger partial charge in [-0.15, -0.1) is 0 Å². The second-order valence-electron chi connectivity index (χ2n) is 5.03. The number of benzene rings is 1. The first-order chi connectivity index (χ1) is 7.90. The van der Waals surface area contributed by atoms with Crippen LogP contribution in [-0.2, 0) is 6.42 Å². The van der Waals surface area contributed by atoms with Gasteiger partial charge in [-0.05, 0) is 43.0 Å². The minimum Gasteiger partial charge on any atom is -0.312 e. The summed E-state index contributed by atoms with van der Waals surface area (Å²) < 4.78 is 0. The second kappa shape index (κ2) is 6.63. The maximum absolute atomic E-state index is 6.17. The van der Waals surface area contributed by atoms with Crippen LogP contribution in [0.15, 0.2) is 18.2 Å². The first kappa shape index (κ1) is 14.8. The van der Waals surface area contributed by atoms with Gasteiger partial charge >= 0.3 is 0 Å². The van der Waals surface area contributed by atoms with Crippen molar-refractivity contribution in [3.8, 4) is 0 Å². The molecule has 0 radical (unpaired) electrons. The molecule has 0 fully saturated rings. The quantitative estimate of drug-likeness (QED) is 0.830. The lowest BCUT2D eigenvalue weighted by Crippen LogP contribution is -2.37. The topological polar surface area (TPSA) is 12.0 Å². The molecule has 96 valence electrons. The van der Waals surface area contributed by atoms with Crippen LogP contribution in [0.1, 0.15) is 33.3 Å². The molecule has 0 spiro atoms. The van der Waals surface area contributed by atoms with E-state index in [2.05, 4.69) is 33.0 Å². The number of nitrogens with one attached hydrogen (secondary N) is 1. The highest BCUT2D eigenvalue weighted by Crippen LogP contribution is 2.24. The van der Waals surface area contributed by atoms with E-state index in [4.69, 9.17) is 23.2 Å². The van der Waals surface area contributed by atoms with Gasteiger partial charge in [-0.3, -0.25) is 0 Å². The molecule has 2 atom stereocenters. The zero-order valence-electron chi connectivity index (χ0n) is 10.9. The fourth-order valence-electron chi connectivity index (χ4n) is 1.91. The molecule has 0 amide bonds. The molecule has 0 saturated carbocycles. The van der Waals surface area contributed by atoms with E-state index in [1.807, 2.05) is 18.2 Å². The third kappa shape index (κ3) is 4.87. The summed E-state index contributed by atoms with van der Waals surface area (Å²) in [6.07, 6.45) is 0.945. The van der Waals surface area contributed by atoms with E-state index in [0.29, 0.717) is 18.0 Å². The molecule has 3 heteroatoms. The summed E-state index contributed by atoms with van der Waals surface area (Å²) in [7, 11) is 0. The molecule has 17 heavy (non-hydrogen) atoms. The molecule has 0 aromatic heterocycles. The van der Waals surface area contributed by atoms with Crippen LogP contribution in [0.5, 0.6) is 0 Å². The van der Waals surface area contributed by atoms with Gasteiger partial charge in [0.25, 0.3) is 0 Å². The second-order valence-corrected chi connectivity index (χ2v) is 5.87. The molecule has 1 aromatic carbocycles. The fraction of sp³-hybridized carbons (Fsp3) is 0.571. The van der Waals surface area contributed by atoms with E-state index in [1.54, 1.807) is 0 Å². The van der Waals surface area contributed by atoms with Crippen molar-refractivity contribution in [2.45, 2.75) is 46.2 Å². The Balaban J connectivity index is 2.67. The van der Waals surface area contributed by atoms with Gasteiger partial charge in [0.05, 0.1) is 0 Å². The molecule has 0 aliphatic carbocycles. The van der Waals surface area contributed by atoms with Gasteiger partial charge in [0.2, 0.25) is 0 Å². The smallest absolute Gasteiger partial charge is 0.0439 e. The number of hydrogen-bond acceptors (Lipinski definition) is 1. The SMILES string of the molecule is CC(C)NC(C)C(C)Cc1cc(Cl)ccc1Cl. The van der Waals surface area contributed by atoms with Crippen molar-refractivity contribution >= 4 is 23.2 Å². The van der Waals surface area contributed by atoms with Gasteiger partial charge in [0.1, 0.15) is 0 Å². The predicted molar refractivity (Wildman–Crippen MR) is 77.1 cm³/mol. The third-order valence-corrected chi connectivity index (χ3v) is 3.60. The Hall–Kier alpha value is -0.240. The molecule has 2 unspecified atom stereocenters. The molecular weight excluding hydrogens is 253 g/mol. The van der Waals surface area contributed by atoms with Gasteiger partial charge in [-0.1, -0.05) is 44.0 Å². The van der Waals surface area contributed by atoms with Crippen LogP contribution in [0.4, 0.5) is 0 Å². The minimum absolute atomic E-state index is 0.463. The average Bonchev–Trinajstić information content (AvgIpc) is 2.22. The van der Waals surface area contributed by atoms with Gasteiger partial charge < -0.3 is 5.32 Å². The van der Waals surface area contributed by atoms with Crippen molar-refractivity contribution in [1.82, 2.24) is 5.32 Å². The van der Waals surface area contributed by atoms with Crippen molar-refractivity contribution in [2.75, 3.05) is 0 Å². The first-order valence-electron chi connectivity index (χ1n) is 6.10. The number of halogens is 2. The van der Waals surface area contributed by atoms with Crippen LogP contribution in [-0.4, -0.2) is 12.1 Å². The van der Waals surface area contributed by atoms with Gasteiger partial charge in [-0.2, -0.15) is 0 Å². The first-order valence-corrected chi connectivity index (χ1v) is 6.85. The summed E-state index contributed by atoms with van der Waals surface area (Å²) in [6, 6.07) is 6.62. The lowest BCUT2D eigenvalue weighted by Gasteiger charge is -2.24. The standard InChI is InChI=1S/C14H21Cl2N/c1-9(2)17-11(4)10(3)7-12-8-13(15)5-6-14(12)16/h5-6,8-11,17H,7H2,1-4H3. The van der Waals surface area contributed by atoms with Gasteiger partial charge in [-0.25, -0.2) is 0 Å². The molecule has 1 aromatic rings. The monoisotopic (exact) mass is 273 g/mol. The van der Waals surface area contributed by atoms with E-state index < -0.39 is 0 Å². The fourth-order valence-corrected chi connectivity index (χ4v) is 2.30. The van der Waals surface area contributed by atoms with Crippen LogP contribution in [0.3, 0.4) is 0 Å². The summed E-state index contributed by atoms with van der Waals surface area (Å²) >= 11 is 12.2. The van der Waals surface area contributed by atoms with Crippen molar-refractivity contribution in [1.29, 1.82) is 0 Å². The Labute approximate surface area is 115 Å². The summed E-state index contributed by atoms with van der Waals surface area (Å²) in [4.78, 5) is 0. The Bertz CT molecular complexity index is 363.